The van der Waals surface area contributed by atoms with Crippen LogP contribution in [0.5, 0.6) is 23.0 Å². The van der Waals surface area contributed by atoms with E-state index in [0.29, 0.717) is 55.2 Å². The Labute approximate surface area is 302 Å². The minimum atomic E-state index is -0.955. The Kier molecular flexibility index (Phi) is 10.1. The molecule has 0 bridgehead atoms. The van der Waals surface area contributed by atoms with Gasteiger partial charge in [0.2, 0.25) is 0 Å². The molecule has 2 fully saturated rings. The van der Waals surface area contributed by atoms with Crippen molar-refractivity contribution < 1.29 is 48.0 Å². The van der Waals surface area contributed by atoms with Gasteiger partial charge in [-0.25, -0.2) is 9.69 Å². The van der Waals surface area contributed by atoms with E-state index in [1.807, 2.05) is 0 Å². The molecule has 14 heteroatoms. The lowest BCUT2D eigenvalue weighted by Gasteiger charge is -2.28. The monoisotopic (exact) mass is 718 g/mol. The predicted octanol–water partition coefficient (Wildman–Crippen LogP) is 4.90. The zero-order chi connectivity index (χ0) is 37.5. The van der Waals surface area contributed by atoms with E-state index in [9.17, 15) is 24.3 Å². The number of fused-ring (bicyclic) bond motifs is 4. The van der Waals surface area contributed by atoms with Crippen molar-refractivity contribution in [3.05, 3.63) is 59.7 Å². The van der Waals surface area contributed by atoms with E-state index in [1.54, 1.807) is 37.8 Å². The molecular formula is C38H46N4O10. The first-order chi connectivity index (χ1) is 24.7. The van der Waals surface area contributed by atoms with E-state index >= 15 is 0 Å². The molecule has 4 aliphatic heterocycles. The molecule has 6 rings (SSSR count). The number of nitrogens with zero attached hydrogens (tertiary/aromatic N) is 3. The summed E-state index contributed by atoms with van der Waals surface area (Å²) in [6, 6.07) is 5.00. The minimum Gasteiger partial charge on any atom is -0.493 e. The van der Waals surface area contributed by atoms with Crippen molar-refractivity contribution in [2.75, 3.05) is 50.7 Å². The standard InChI is InChI=1S/C38H46N4O10/c1-21-13-27-33(43)39-25-17-31(29(48-6)15-23(25)34(44)40(27)19-21)50-11-9-8-10-12-51-32-18-26-24(16-30(32)49-7)35(45)41-20-22(2)14-28(41)36(46)42(26)37(47)52-38(3,4)5/h15-18,27-28,33,39,43H,1-2,8-14,19-20H2,3-7H3/t27-,28-,33-/m0/s1. The van der Waals surface area contributed by atoms with Crippen molar-refractivity contribution in [2.24, 2.45) is 0 Å². The van der Waals surface area contributed by atoms with Crippen molar-refractivity contribution in [1.82, 2.24) is 9.80 Å². The fourth-order valence-electron chi connectivity index (χ4n) is 6.95. The highest BCUT2D eigenvalue weighted by atomic mass is 16.6. The summed E-state index contributed by atoms with van der Waals surface area (Å²) in [6.45, 7) is 14.3. The Morgan fingerprint density at radius 2 is 1.40 bits per heavy atom. The molecule has 0 saturated carbocycles. The van der Waals surface area contributed by atoms with Crippen LogP contribution >= 0.6 is 0 Å². The summed E-state index contributed by atoms with van der Waals surface area (Å²) in [5, 5.41) is 13.8. The number of imide groups is 1. The number of hydrogen-bond acceptors (Lipinski definition) is 11. The minimum absolute atomic E-state index is 0.0673. The maximum absolute atomic E-state index is 13.8. The highest BCUT2D eigenvalue weighted by molar-refractivity contribution is 6.21. The molecule has 4 aliphatic rings. The lowest BCUT2D eigenvalue weighted by atomic mass is 10.1. The number of unbranched alkanes of at least 4 members (excludes halogenated alkanes) is 2. The fraction of sp³-hybridized carbons (Fsp3) is 0.474. The Hall–Kier alpha value is -5.24. The number of carbonyl (C=O) groups excluding carboxylic acids is 4. The number of methoxy groups -OCH3 is 2. The maximum atomic E-state index is 13.8. The van der Waals surface area contributed by atoms with Crippen LogP contribution in [-0.4, -0.2) is 103 Å². The number of hydrogen-bond donors (Lipinski definition) is 2. The van der Waals surface area contributed by atoms with Crippen LogP contribution in [0, 0.1) is 0 Å². The molecule has 14 nitrogen and oxygen atoms in total. The molecule has 0 spiro atoms. The number of carbonyl (C=O) groups is 4. The highest BCUT2D eigenvalue weighted by Crippen LogP contribution is 2.42. The number of nitrogens with one attached hydrogen (secondary N) is 1. The largest absolute Gasteiger partial charge is 0.493 e. The molecule has 2 aromatic carbocycles. The van der Waals surface area contributed by atoms with Crippen LogP contribution in [0.25, 0.3) is 0 Å². The Morgan fingerprint density at radius 3 is 2.04 bits per heavy atom. The third-order valence-electron chi connectivity index (χ3n) is 9.41. The lowest BCUT2D eigenvalue weighted by Crippen LogP contribution is -2.48. The van der Waals surface area contributed by atoms with Crippen molar-refractivity contribution in [2.45, 2.75) is 76.8 Å². The molecule has 2 aromatic rings. The van der Waals surface area contributed by atoms with E-state index < -0.39 is 41.8 Å². The van der Waals surface area contributed by atoms with Gasteiger partial charge >= 0.3 is 6.09 Å². The van der Waals surface area contributed by atoms with E-state index in [0.717, 1.165) is 22.5 Å². The SMILES string of the molecule is C=C1C[C@H]2C(=O)N(C(=O)OC(C)(C)C)c3cc(OCCCCCOc4cc5c(cc4OC)C(=O)N4CC(=C)C[C@H]4[C@H](O)N5)c(OC)cc3C(=O)N2C1. The summed E-state index contributed by atoms with van der Waals surface area (Å²) in [7, 11) is 2.96. The van der Waals surface area contributed by atoms with E-state index in [-0.39, 0.29) is 48.2 Å². The van der Waals surface area contributed by atoms with Gasteiger partial charge in [0.05, 0.1) is 56.0 Å². The molecule has 278 valence electrons. The van der Waals surface area contributed by atoms with Crippen LogP contribution in [0.4, 0.5) is 16.2 Å². The molecule has 52 heavy (non-hydrogen) atoms. The van der Waals surface area contributed by atoms with Gasteiger partial charge in [0, 0.05) is 25.2 Å². The summed E-state index contributed by atoms with van der Waals surface area (Å²) in [5.74, 6) is 0.187. The number of aliphatic hydroxyl groups is 1. The number of benzene rings is 2. The number of ether oxygens (including phenoxy) is 5. The molecule has 0 aliphatic carbocycles. The molecule has 4 heterocycles. The van der Waals surface area contributed by atoms with Crippen molar-refractivity contribution >= 4 is 35.2 Å². The topological polar surface area (TPSA) is 156 Å². The molecule has 3 atom stereocenters. The molecular weight excluding hydrogens is 672 g/mol. The third-order valence-corrected chi connectivity index (χ3v) is 9.41. The number of aliphatic hydroxyl groups excluding tert-OH is 1. The first-order valence-electron chi connectivity index (χ1n) is 17.4. The normalized spacial score (nSPS) is 21.1. The number of rotatable bonds is 10. The summed E-state index contributed by atoms with van der Waals surface area (Å²) in [5.41, 5.74) is 1.76. The molecule has 0 unspecified atom stereocenters. The van der Waals surface area contributed by atoms with Gasteiger partial charge in [-0.2, -0.15) is 0 Å². The molecule has 2 N–H and O–H groups in total. The lowest BCUT2D eigenvalue weighted by molar-refractivity contribution is -0.121. The Bertz CT molecular complexity index is 1820. The zero-order valence-corrected chi connectivity index (χ0v) is 30.3. The summed E-state index contributed by atoms with van der Waals surface area (Å²) < 4.78 is 28.9. The van der Waals surface area contributed by atoms with Crippen molar-refractivity contribution in [1.29, 1.82) is 0 Å². The molecule has 2 saturated heterocycles. The average Bonchev–Trinajstić information content (AvgIpc) is 3.64. The Balaban J connectivity index is 1.10. The van der Waals surface area contributed by atoms with Crippen LogP contribution in [0.1, 0.15) is 73.6 Å². The van der Waals surface area contributed by atoms with Crippen molar-refractivity contribution in [3.63, 3.8) is 0 Å². The van der Waals surface area contributed by atoms with E-state index in [4.69, 9.17) is 23.7 Å². The van der Waals surface area contributed by atoms with Crippen LogP contribution in [0.3, 0.4) is 0 Å². The summed E-state index contributed by atoms with van der Waals surface area (Å²) >= 11 is 0. The Morgan fingerprint density at radius 1 is 0.827 bits per heavy atom. The summed E-state index contributed by atoms with van der Waals surface area (Å²) in [6.07, 6.45) is 0.935. The zero-order valence-electron chi connectivity index (χ0n) is 30.3. The molecule has 0 aromatic heterocycles. The van der Waals surface area contributed by atoms with Gasteiger partial charge in [0.25, 0.3) is 17.7 Å². The van der Waals surface area contributed by atoms with Gasteiger partial charge in [-0.05, 0) is 65.0 Å². The van der Waals surface area contributed by atoms with Gasteiger partial charge in [-0.15, -0.1) is 0 Å². The van der Waals surface area contributed by atoms with Gasteiger partial charge < -0.3 is 43.9 Å². The van der Waals surface area contributed by atoms with Crippen LogP contribution < -0.4 is 29.2 Å². The second-order valence-electron chi connectivity index (χ2n) is 14.4. The second-order valence-corrected chi connectivity index (χ2v) is 14.4. The molecule has 4 amide bonds. The first kappa shape index (κ1) is 36.5. The number of anilines is 2. The third kappa shape index (κ3) is 7.11. The smallest absolute Gasteiger partial charge is 0.421 e. The van der Waals surface area contributed by atoms with Crippen LogP contribution in [-0.2, 0) is 9.53 Å². The van der Waals surface area contributed by atoms with Gasteiger partial charge in [-0.1, -0.05) is 24.3 Å². The highest BCUT2D eigenvalue weighted by Gasteiger charge is 2.47. The van der Waals surface area contributed by atoms with Gasteiger partial charge in [0.15, 0.2) is 23.0 Å². The predicted molar refractivity (Wildman–Crippen MR) is 191 cm³/mol. The first-order valence-corrected chi connectivity index (χ1v) is 17.4. The van der Waals surface area contributed by atoms with E-state index in [1.165, 1.54) is 31.3 Å². The quantitative estimate of drug-likeness (QED) is 0.255. The fourth-order valence-corrected chi connectivity index (χ4v) is 6.95. The maximum Gasteiger partial charge on any atom is 0.421 e. The van der Waals surface area contributed by atoms with Gasteiger partial charge in [0.1, 0.15) is 17.9 Å². The van der Waals surface area contributed by atoms with E-state index in [2.05, 4.69) is 18.5 Å². The van der Waals surface area contributed by atoms with Gasteiger partial charge in [-0.3, -0.25) is 14.4 Å². The van der Waals surface area contributed by atoms with Crippen LogP contribution in [0.2, 0.25) is 0 Å². The second kappa shape index (κ2) is 14.4. The van der Waals surface area contributed by atoms with Crippen LogP contribution in [0.15, 0.2) is 48.6 Å². The molecule has 0 radical (unpaired) electrons. The summed E-state index contributed by atoms with van der Waals surface area (Å²) in [4.78, 5) is 58.3. The number of amides is 4. The average molecular weight is 719 g/mol. The van der Waals surface area contributed by atoms with Crippen molar-refractivity contribution in [3.8, 4) is 23.0 Å².